The summed E-state index contributed by atoms with van der Waals surface area (Å²) in [6.07, 6.45) is 2.71. The van der Waals surface area contributed by atoms with Gasteiger partial charge in [-0.1, -0.05) is 11.6 Å². The lowest BCUT2D eigenvalue weighted by Crippen LogP contribution is -2.42. The highest BCUT2D eigenvalue weighted by atomic mass is 35.5. The van der Waals surface area contributed by atoms with Gasteiger partial charge in [-0.25, -0.2) is 4.98 Å². The Kier molecular flexibility index (Phi) is 4.25. The van der Waals surface area contributed by atoms with Gasteiger partial charge in [0, 0.05) is 16.6 Å². The van der Waals surface area contributed by atoms with Gasteiger partial charge in [-0.2, -0.15) is 0 Å². The first-order valence-corrected chi connectivity index (χ1v) is 8.27. The lowest BCUT2D eigenvalue weighted by Gasteiger charge is -2.27. The lowest BCUT2D eigenvalue weighted by molar-refractivity contribution is -0.0699. The van der Waals surface area contributed by atoms with Gasteiger partial charge >= 0.3 is 0 Å². The fraction of sp³-hybridized carbons (Fsp3) is 0.500. The SMILES string of the molecule is CC1(C)C[C@@H](NCc2ncc(-c3ccc(Cl)cc3)o2)C(C)(C)O1. The summed E-state index contributed by atoms with van der Waals surface area (Å²) in [5.41, 5.74) is 0.667. The molecule has 1 N–H and O–H groups in total. The van der Waals surface area contributed by atoms with Crippen molar-refractivity contribution in [3.63, 3.8) is 0 Å². The van der Waals surface area contributed by atoms with Crippen molar-refractivity contribution < 1.29 is 9.15 Å². The highest BCUT2D eigenvalue weighted by molar-refractivity contribution is 6.30. The molecular formula is C18H23ClN2O2. The smallest absolute Gasteiger partial charge is 0.208 e. The number of aromatic nitrogens is 1. The van der Waals surface area contributed by atoms with Crippen LogP contribution >= 0.6 is 11.6 Å². The average Bonchev–Trinajstić information content (AvgIpc) is 2.99. The van der Waals surface area contributed by atoms with Gasteiger partial charge in [0.2, 0.25) is 5.89 Å². The summed E-state index contributed by atoms with van der Waals surface area (Å²) in [4.78, 5) is 4.36. The molecule has 2 heterocycles. The molecular weight excluding hydrogens is 312 g/mol. The molecule has 1 fully saturated rings. The van der Waals surface area contributed by atoms with Gasteiger partial charge in [0.25, 0.3) is 0 Å². The Bertz CT molecular complexity index is 677. The molecule has 23 heavy (non-hydrogen) atoms. The van der Waals surface area contributed by atoms with Crippen molar-refractivity contribution in [3.8, 4) is 11.3 Å². The Balaban J connectivity index is 1.65. The number of oxazole rings is 1. The number of nitrogens with zero attached hydrogens (tertiary/aromatic N) is 1. The van der Waals surface area contributed by atoms with Gasteiger partial charge in [-0.3, -0.25) is 0 Å². The van der Waals surface area contributed by atoms with Crippen LogP contribution in [0.3, 0.4) is 0 Å². The second-order valence-corrected chi connectivity index (χ2v) is 7.66. The summed E-state index contributed by atoms with van der Waals surface area (Å²) in [6, 6.07) is 7.81. The zero-order valence-corrected chi connectivity index (χ0v) is 14.8. The first-order valence-electron chi connectivity index (χ1n) is 7.89. The molecule has 0 saturated carbocycles. The van der Waals surface area contributed by atoms with Crippen LogP contribution in [-0.4, -0.2) is 22.2 Å². The summed E-state index contributed by atoms with van der Waals surface area (Å²) in [5, 5.41) is 4.22. The van der Waals surface area contributed by atoms with E-state index in [1.165, 1.54) is 0 Å². The van der Waals surface area contributed by atoms with E-state index in [4.69, 9.17) is 20.8 Å². The predicted octanol–water partition coefficient (Wildman–Crippen LogP) is 4.43. The number of rotatable bonds is 4. The summed E-state index contributed by atoms with van der Waals surface area (Å²) >= 11 is 5.91. The molecule has 0 amide bonds. The minimum atomic E-state index is -0.199. The molecule has 0 aliphatic carbocycles. The minimum Gasteiger partial charge on any atom is -0.439 e. The summed E-state index contributed by atoms with van der Waals surface area (Å²) in [6.45, 7) is 9.07. The number of benzene rings is 1. The number of ether oxygens (including phenoxy) is 1. The van der Waals surface area contributed by atoms with Gasteiger partial charge in [0.1, 0.15) is 0 Å². The number of halogens is 1. The van der Waals surface area contributed by atoms with Crippen molar-refractivity contribution >= 4 is 11.6 Å². The van der Waals surface area contributed by atoms with Crippen LogP contribution in [-0.2, 0) is 11.3 Å². The fourth-order valence-corrected chi connectivity index (χ4v) is 3.36. The van der Waals surface area contributed by atoms with E-state index < -0.39 is 0 Å². The molecule has 2 aromatic rings. The van der Waals surface area contributed by atoms with Crippen molar-refractivity contribution in [2.75, 3.05) is 0 Å². The summed E-state index contributed by atoms with van der Waals surface area (Å²) < 4.78 is 11.9. The van der Waals surface area contributed by atoms with Crippen LogP contribution < -0.4 is 5.32 Å². The van der Waals surface area contributed by atoms with Gasteiger partial charge in [0.15, 0.2) is 5.76 Å². The molecule has 1 aromatic carbocycles. The van der Waals surface area contributed by atoms with E-state index in [0.29, 0.717) is 17.5 Å². The van der Waals surface area contributed by atoms with Gasteiger partial charge in [-0.15, -0.1) is 0 Å². The third-order valence-electron chi connectivity index (χ3n) is 4.26. The molecule has 4 nitrogen and oxygen atoms in total. The highest BCUT2D eigenvalue weighted by Crippen LogP contribution is 2.37. The first-order chi connectivity index (χ1) is 10.8. The summed E-state index contributed by atoms with van der Waals surface area (Å²) in [5.74, 6) is 1.43. The second-order valence-electron chi connectivity index (χ2n) is 7.23. The molecule has 1 atom stereocenters. The van der Waals surface area contributed by atoms with E-state index in [2.05, 4.69) is 38.0 Å². The minimum absolute atomic E-state index is 0.105. The van der Waals surface area contributed by atoms with E-state index in [-0.39, 0.29) is 17.2 Å². The van der Waals surface area contributed by atoms with E-state index in [0.717, 1.165) is 17.7 Å². The Morgan fingerprint density at radius 3 is 2.52 bits per heavy atom. The van der Waals surface area contributed by atoms with Crippen molar-refractivity contribution in [2.24, 2.45) is 0 Å². The molecule has 1 aliphatic heterocycles. The van der Waals surface area contributed by atoms with Crippen molar-refractivity contribution in [3.05, 3.63) is 41.4 Å². The number of nitrogens with one attached hydrogen (secondary N) is 1. The zero-order valence-electron chi connectivity index (χ0n) is 14.0. The van der Waals surface area contributed by atoms with Crippen LogP contribution in [0.15, 0.2) is 34.9 Å². The van der Waals surface area contributed by atoms with Crippen LogP contribution in [0.4, 0.5) is 0 Å². The van der Waals surface area contributed by atoms with Crippen molar-refractivity contribution in [1.82, 2.24) is 10.3 Å². The third kappa shape index (κ3) is 3.77. The normalized spacial score (nSPS) is 22.4. The van der Waals surface area contributed by atoms with Crippen LogP contribution in [0.2, 0.25) is 5.02 Å². The molecule has 5 heteroatoms. The van der Waals surface area contributed by atoms with Crippen molar-refractivity contribution in [1.29, 1.82) is 0 Å². The topological polar surface area (TPSA) is 47.3 Å². The van der Waals surface area contributed by atoms with Gasteiger partial charge < -0.3 is 14.5 Å². The summed E-state index contributed by atoms with van der Waals surface area (Å²) in [7, 11) is 0. The molecule has 1 saturated heterocycles. The van der Waals surface area contributed by atoms with Gasteiger partial charge in [0.05, 0.1) is 23.9 Å². The largest absolute Gasteiger partial charge is 0.439 e. The quantitative estimate of drug-likeness (QED) is 0.898. The van der Waals surface area contributed by atoms with Crippen LogP contribution in [0.1, 0.15) is 40.0 Å². The molecule has 0 spiro atoms. The van der Waals surface area contributed by atoms with E-state index >= 15 is 0 Å². The Hall–Kier alpha value is -1.36. The van der Waals surface area contributed by atoms with E-state index in [9.17, 15) is 0 Å². The molecule has 0 unspecified atom stereocenters. The van der Waals surface area contributed by atoms with Crippen LogP contribution in [0, 0.1) is 0 Å². The predicted molar refractivity (Wildman–Crippen MR) is 91.4 cm³/mol. The maximum Gasteiger partial charge on any atom is 0.208 e. The van der Waals surface area contributed by atoms with E-state index in [1.807, 2.05) is 24.3 Å². The Morgan fingerprint density at radius 2 is 1.91 bits per heavy atom. The maximum atomic E-state index is 6.10. The number of hydrogen-bond donors (Lipinski definition) is 1. The van der Waals surface area contributed by atoms with Crippen LogP contribution in [0.5, 0.6) is 0 Å². The van der Waals surface area contributed by atoms with E-state index in [1.54, 1.807) is 6.20 Å². The second kappa shape index (κ2) is 5.93. The molecule has 124 valence electrons. The Labute approximate surface area is 142 Å². The fourth-order valence-electron chi connectivity index (χ4n) is 3.23. The monoisotopic (exact) mass is 334 g/mol. The highest BCUT2D eigenvalue weighted by Gasteiger charge is 2.45. The zero-order chi connectivity index (χ0) is 16.7. The lowest BCUT2D eigenvalue weighted by atomic mass is 9.94. The van der Waals surface area contributed by atoms with Crippen molar-refractivity contribution in [2.45, 2.75) is 57.9 Å². The average molecular weight is 335 g/mol. The van der Waals surface area contributed by atoms with Crippen LogP contribution in [0.25, 0.3) is 11.3 Å². The maximum absolute atomic E-state index is 6.10. The third-order valence-corrected chi connectivity index (χ3v) is 4.51. The molecule has 1 aromatic heterocycles. The molecule has 1 aliphatic rings. The first kappa shape index (κ1) is 16.5. The van der Waals surface area contributed by atoms with Gasteiger partial charge in [-0.05, 0) is 58.4 Å². The number of hydrogen-bond acceptors (Lipinski definition) is 4. The Morgan fingerprint density at radius 1 is 1.22 bits per heavy atom. The molecule has 0 bridgehead atoms. The standard InChI is InChI=1S/C18H23ClN2O2/c1-17(2)9-15(18(3,4)23-17)20-11-16-21-10-14(22-16)12-5-7-13(19)8-6-12/h5-8,10,15,20H,9,11H2,1-4H3/t15-/m1/s1. The molecule has 0 radical (unpaired) electrons. The molecule has 3 rings (SSSR count).